The van der Waals surface area contributed by atoms with Crippen molar-refractivity contribution in [1.29, 1.82) is 0 Å². The molecule has 1 N–H and O–H groups in total. The fourth-order valence-corrected chi connectivity index (χ4v) is 3.13. The van der Waals surface area contributed by atoms with Crippen molar-refractivity contribution in [3.8, 4) is 11.5 Å². The van der Waals surface area contributed by atoms with Gasteiger partial charge in [0.15, 0.2) is 11.5 Å². The molecular formula is C23H30N2O4. The van der Waals surface area contributed by atoms with Crippen LogP contribution in [0.25, 0.3) is 0 Å². The molecule has 0 saturated carbocycles. The average Bonchev–Trinajstić information content (AvgIpc) is 2.67. The lowest BCUT2D eigenvalue weighted by atomic mass is 9.86. The summed E-state index contributed by atoms with van der Waals surface area (Å²) in [6.07, 6.45) is 0.173. The second-order valence-electron chi connectivity index (χ2n) is 7.80. The van der Waals surface area contributed by atoms with Crippen LogP contribution in [-0.2, 0) is 15.0 Å². The highest BCUT2D eigenvalue weighted by Crippen LogP contribution is 2.32. The van der Waals surface area contributed by atoms with Crippen LogP contribution in [0.4, 0.5) is 11.4 Å². The molecule has 0 atom stereocenters. The van der Waals surface area contributed by atoms with Crippen molar-refractivity contribution in [3.63, 3.8) is 0 Å². The second kappa shape index (κ2) is 9.45. The Morgan fingerprint density at radius 1 is 1.00 bits per heavy atom. The molecule has 2 rings (SSSR count). The van der Waals surface area contributed by atoms with Gasteiger partial charge < -0.3 is 19.7 Å². The molecule has 2 aromatic carbocycles. The van der Waals surface area contributed by atoms with Gasteiger partial charge in [0.05, 0.1) is 14.2 Å². The molecule has 0 radical (unpaired) electrons. The van der Waals surface area contributed by atoms with Crippen LogP contribution >= 0.6 is 0 Å². The first-order valence-corrected chi connectivity index (χ1v) is 9.57. The second-order valence-corrected chi connectivity index (χ2v) is 7.80. The van der Waals surface area contributed by atoms with E-state index in [1.165, 1.54) is 6.92 Å². The predicted molar refractivity (Wildman–Crippen MR) is 116 cm³/mol. The van der Waals surface area contributed by atoms with Gasteiger partial charge in [-0.3, -0.25) is 9.59 Å². The molecule has 6 heteroatoms. The van der Waals surface area contributed by atoms with E-state index in [2.05, 4.69) is 26.1 Å². The van der Waals surface area contributed by atoms with Crippen molar-refractivity contribution in [1.82, 2.24) is 0 Å². The zero-order chi connectivity index (χ0) is 21.6. The first-order valence-electron chi connectivity index (χ1n) is 9.57. The minimum Gasteiger partial charge on any atom is -0.493 e. The number of hydrogen-bond acceptors (Lipinski definition) is 4. The Labute approximate surface area is 172 Å². The number of rotatable bonds is 7. The molecule has 0 saturated heterocycles. The van der Waals surface area contributed by atoms with E-state index in [9.17, 15) is 9.59 Å². The van der Waals surface area contributed by atoms with E-state index in [0.717, 1.165) is 11.3 Å². The molecule has 0 unspecified atom stereocenters. The van der Waals surface area contributed by atoms with Crippen molar-refractivity contribution in [2.75, 3.05) is 31.0 Å². The maximum Gasteiger partial charge on any atom is 0.226 e. The fraction of sp³-hybridized carbons (Fsp3) is 0.391. The third kappa shape index (κ3) is 5.73. The van der Waals surface area contributed by atoms with Crippen molar-refractivity contribution in [2.45, 2.75) is 39.5 Å². The van der Waals surface area contributed by atoms with Crippen LogP contribution in [0.15, 0.2) is 42.5 Å². The van der Waals surface area contributed by atoms with Crippen LogP contribution in [0.5, 0.6) is 11.5 Å². The zero-order valence-electron chi connectivity index (χ0n) is 18.0. The van der Waals surface area contributed by atoms with E-state index in [0.29, 0.717) is 17.2 Å². The molecule has 0 aliphatic carbocycles. The van der Waals surface area contributed by atoms with Gasteiger partial charge in [0.25, 0.3) is 0 Å². The molecule has 0 heterocycles. The van der Waals surface area contributed by atoms with Crippen LogP contribution in [0, 0.1) is 0 Å². The maximum atomic E-state index is 12.6. The van der Waals surface area contributed by atoms with E-state index < -0.39 is 0 Å². The summed E-state index contributed by atoms with van der Waals surface area (Å²) in [5.74, 6) is 0.810. The third-order valence-electron chi connectivity index (χ3n) is 4.63. The van der Waals surface area contributed by atoms with E-state index >= 15 is 0 Å². The molecular weight excluding hydrogens is 368 g/mol. The monoisotopic (exact) mass is 398 g/mol. The molecule has 0 bridgehead atoms. The maximum absolute atomic E-state index is 12.6. The van der Waals surface area contributed by atoms with Crippen LogP contribution < -0.4 is 19.7 Å². The van der Waals surface area contributed by atoms with Gasteiger partial charge in [-0.2, -0.15) is 0 Å². The van der Waals surface area contributed by atoms with E-state index in [1.807, 2.05) is 24.3 Å². The summed E-state index contributed by atoms with van der Waals surface area (Å²) in [7, 11) is 3.10. The summed E-state index contributed by atoms with van der Waals surface area (Å²) >= 11 is 0. The normalized spacial score (nSPS) is 11.0. The van der Waals surface area contributed by atoms with Gasteiger partial charge in [0.1, 0.15) is 0 Å². The summed E-state index contributed by atoms with van der Waals surface area (Å²) in [6, 6.07) is 13.0. The molecule has 29 heavy (non-hydrogen) atoms. The Bertz CT molecular complexity index is 871. The first kappa shape index (κ1) is 22.3. The van der Waals surface area contributed by atoms with Gasteiger partial charge in [-0.1, -0.05) is 39.0 Å². The minimum absolute atomic E-state index is 0.0884. The lowest BCUT2D eigenvalue weighted by molar-refractivity contribution is -0.117. The molecule has 0 spiro atoms. The van der Waals surface area contributed by atoms with Crippen molar-refractivity contribution in [2.24, 2.45) is 0 Å². The van der Waals surface area contributed by atoms with Crippen molar-refractivity contribution < 1.29 is 19.1 Å². The summed E-state index contributed by atoms with van der Waals surface area (Å²) < 4.78 is 10.6. The number of ether oxygens (including phenoxy) is 2. The van der Waals surface area contributed by atoms with E-state index in [-0.39, 0.29) is 30.2 Å². The van der Waals surface area contributed by atoms with Crippen molar-refractivity contribution in [3.05, 3.63) is 48.0 Å². The summed E-state index contributed by atoms with van der Waals surface area (Å²) in [6.45, 7) is 8.05. The van der Waals surface area contributed by atoms with Gasteiger partial charge in [-0.15, -0.1) is 0 Å². The smallest absolute Gasteiger partial charge is 0.226 e. The lowest BCUT2D eigenvalue weighted by Gasteiger charge is -2.24. The number of methoxy groups -OCH3 is 2. The SMILES string of the molecule is COc1ccc(N(CCC(=O)Nc2ccccc2C(C)(C)C)C(C)=O)cc1OC. The van der Waals surface area contributed by atoms with E-state index in [4.69, 9.17) is 9.47 Å². The number of carbonyl (C=O) groups is 2. The Morgan fingerprint density at radius 3 is 2.24 bits per heavy atom. The summed E-state index contributed by atoms with van der Waals surface area (Å²) in [4.78, 5) is 26.3. The number of amides is 2. The number of nitrogens with zero attached hydrogens (tertiary/aromatic N) is 1. The highest BCUT2D eigenvalue weighted by Gasteiger charge is 2.20. The van der Waals surface area contributed by atoms with Crippen LogP contribution in [0.1, 0.15) is 39.7 Å². The van der Waals surface area contributed by atoms with Crippen LogP contribution in [-0.4, -0.2) is 32.6 Å². The number of anilines is 2. The van der Waals surface area contributed by atoms with Crippen LogP contribution in [0.2, 0.25) is 0 Å². The van der Waals surface area contributed by atoms with Gasteiger partial charge >= 0.3 is 0 Å². The number of carbonyl (C=O) groups excluding carboxylic acids is 2. The number of hydrogen-bond donors (Lipinski definition) is 1. The lowest BCUT2D eigenvalue weighted by Crippen LogP contribution is -2.32. The quantitative estimate of drug-likeness (QED) is 0.751. The van der Waals surface area contributed by atoms with Crippen LogP contribution in [0.3, 0.4) is 0 Å². The molecule has 0 aromatic heterocycles. The Hall–Kier alpha value is -3.02. The molecule has 6 nitrogen and oxygen atoms in total. The number of nitrogens with one attached hydrogen (secondary N) is 1. The molecule has 0 aliphatic rings. The van der Waals surface area contributed by atoms with Gasteiger partial charge in [-0.05, 0) is 29.2 Å². The molecule has 0 aliphatic heterocycles. The Balaban J connectivity index is 2.12. The minimum atomic E-state index is -0.153. The first-order chi connectivity index (χ1) is 13.7. The highest BCUT2D eigenvalue weighted by molar-refractivity contribution is 5.95. The molecule has 2 aromatic rings. The predicted octanol–water partition coefficient (Wildman–Crippen LogP) is 4.38. The average molecular weight is 399 g/mol. The molecule has 0 fully saturated rings. The Kier molecular flexibility index (Phi) is 7.26. The van der Waals surface area contributed by atoms with Gasteiger partial charge in [-0.25, -0.2) is 0 Å². The van der Waals surface area contributed by atoms with E-state index in [1.54, 1.807) is 37.3 Å². The topological polar surface area (TPSA) is 67.9 Å². The molecule has 156 valence electrons. The van der Waals surface area contributed by atoms with Gasteiger partial charge in [0, 0.05) is 37.3 Å². The zero-order valence-corrected chi connectivity index (χ0v) is 18.0. The largest absolute Gasteiger partial charge is 0.493 e. The number of para-hydroxylation sites is 1. The third-order valence-corrected chi connectivity index (χ3v) is 4.63. The highest BCUT2D eigenvalue weighted by atomic mass is 16.5. The summed E-state index contributed by atoms with van der Waals surface area (Å²) in [5.41, 5.74) is 2.43. The summed E-state index contributed by atoms with van der Waals surface area (Å²) in [5, 5.41) is 2.98. The molecule has 2 amide bonds. The standard InChI is InChI=1S/C23H30N2O4/c1-16(26)25(17-11-12-20(28-5)21(15-17)29-6)14-13-22(27)24-19-10-8-7-9-18(19)23(2,3)4/h7-12,15H,13-14H2,1-6H3,(H,24,27). The van der Waals surface area contributed by atoms with Crippen molar-refractivity contribution >= 4 is 23.2 Å². The van der Waals surface area contributed by atoms with Gasteiger partial charge in [0.2, 0.25) is 11.8 Å². The number of benzene rings is 2. The fourth-order valence-electron chi connectivity index (χ4n) is 3.13. The Morgan fingerprint density at radius 2 is 1.66 bits per heavy atom.